The van der Waals surface area contributed by atoms with Crippen LogP contribution in [-0.2, 0) is 0 Å². The molecule has 3 aromatic rings. The fourth-order valence-electron chi connectivity index (χ4n) is 3.61. The molecule has 2 aliphatic heterocycles. The van der Waals surface area contributed by atoms with Gasteiger partial charge in [-0.1, -0.05) is 41.4 Å². The predicted octanol–water partition coefficient (Wildman–Crippen LogP) is 5.95. The highest BCUT2D eigenvalue weighted by atomic mass is 35.5. The van der Waals surface area contributed by atoms with Crippen LogP contribution in [0.15, 0.2) is 64.4 Å². The Morgan fingerprint density at radius 2 is 2.00 bits per heavy atom. The molecule has 3 nitrogen and oxygen atoms in total. The van der Waals surface area contributed by atoms with Crippen LogP contribution in [0.25, 0.3) is 0 Å². The third-order valence-electron chi connectivity index (χ3n) is 4.97. The zero-order valence-electron chi connectivity index (χ0n) is 14.2. The van der Waals surface area contributed by atoms with Gasteiger partial charge in [0.1, 0.15) is 5.75 Å². The predicted molar refractivity (Wildman–Crippen MR) is 106 cm³/mol. The molecule has 0 fully saturated rings. The van der Waals surface area contributed by atoms with Crippen LogP contribution in [0.5, 0.6) is 5.75 Å². The molecular formula is C21H17ClN2OS. The first-order valence-electron chi connectivity index (χ1n) is 8.60. The number of benzene rings is 2. The third kappa shape index (κ3) is 2.61. The number of aryl methyl sites for hydroxylation is 1. The lowest BCUT2D eigenvalue weighted by Crippen LogP contribution is -2.33. The Morgan fingerprint density at radius 3 is 2.77 bits per heavy atom. The number of rotatable bonds is 2. The van der Waals surface area contributed by atoms with Gasteiger partial charge in [0.15, 0.2) is 0 Å². The first-order valence-corrected chi connectivity index (χ1v) is 9.92. The van der Waals surface area contributed by atoms with E-state index >= 15 is 0 Å². The van der Waals surface area contributed by atoms with Crippen molar-refractivity contribution in [3.63, 3.8) is 0 Å². The molecule has 0 spiro atoms. The van der Waals surface area contributed by atoms with Crippen molar-refractivity contribution in [3.05, 3.63) is 86.6 Å². The number of fused-ring (bicyclic) bond motifs is 3. The van der Waals surface area contributed by atoms with Crippen LogP contribution in [0.3, 0.4) is 0 Å². The zero-order valence-corrected chi connectivity index (χ0v) is 15.8. The van der Waals surface area contributed by atoms with Crippen LogP contribution < -0.4 is 4.74 Å². The van der Waals surface area contributed by atoms with Crippen LogP contribution in [-0.4, -0.2) is 10.7 Å². The summed E-state index contributed by atoms with van der Waals surface area (Å²) in [5.41, 5.74) is 5.75. The van der Waals surface area contributed by atoms with E-state index in [0.717, 1.165) is 39.6 Å². The number of hydrazone groups is 1. The molecule has 0 saturated heterocycles. The van der Waals surface area contributed by atoms with Crippen molar-refractivity contribution in [3.8, 4) is 5.75 Å². The van der Waals surface area contributed by atoms with Crippen molar-refractivity contribution in [2.75, 3.05) is 0 Å². The number of nitrogens with zero attached hydrogens (tertiary/aromatic N) is 2. The van der Waals surface area contributed by atoms with Gasteiger partial charge in [-0.2, -0.15) is 16.4 Å². The van der Waals surface area contributed by atoms with Gasteiger partial charge in [0.2, 0.25) is 6.23 Å². The van der Waals surface area contributed by atoms with E-state index < -0.39 is 0 Å². The third-order valence-corrected chi connectivity index (χ3v) is 5.90. The molecule has 0 radical (unpaired) electrons. The molecule has 5 heteroatoms. The Hall–Kier alpha value is -2.30. The highest BCUT2D eigenvalue weighted by molar-refractivity contribution is 7.07. The Balaban J connectivity index is 1.60. The number of ether oxygens (including phenoxy) is 1. The molecule has 1 aromatic heterocycles. The second kappa shape index (κ2) is 6.15. The molecule has 2 aliphatic rings. The molecule has 3 heterocycles. The molecule has 0 saturated carbocycles. The van der Waals surface area contributed by atoms with E-state index in [9.17, 15) is 0 Å². The molecule has 0 amide bonds. The monoisotopic (exact) mass is 380 g/mol. The summed E-state index contributed by atoms with van der Waals surface area (Å²) in [6.45, 7) is 2.10. The average Bonchev–Trinajstić information content (AvgIpc) is 3.32. The molecule has 130 valence electrons. The van der Waals surface area contributed by atoms with Crippen molar-refractivity contribution < 1.29 is 4.74 Å². The summed E-state index contributed by atoms with van der Waals surface area (Å²) < 4.78 is 6.32. The van der Waals surface area contributed by atoms with E-state index in [-0.39, 0.29) is 12.3 Å². The van der Waals surface area contributed by atoms with E-state index in [1.54, 1.807) is 11.3 Å². The summed E-state index contributed by atoms with van der Waals surface area (Å²) in [6.07, 6.45) is 0.642. The number of halogens is 1. The minimum atomic E-state index is -0.206. The Bertz CT molecular complexity index is 982. The lowest BCUT2D eigenvalue weighted by molar-refractivity contribution is -0.0187. The van der Waals surface area contributed by atoms with Gasteiger partial charge in [0.25, 0.3) is 0 Å². The molecule has 0 aliphatic carbocycles. The van der Waals surface area contributed by atoms with Crippen molar-refractivity contribution >= 4 is 28.6 Å². The average molecular weight is 381 g/mol. The lowest BCUT2D eigenvalue weighted by Gasteiger charge is -2.37. The van der Waals surface area contributed by atoms with Crippen LogP contribution in [0.4, 0.5) is 0 Å². The lowest BCUT2D eigenvalue weighted by atomic mass is 9.96. The molecule has 0 bridgehead atoms. The van der Waals surface area contributed by atoms with E-state index in [1.807, 2.05) is 18.2 Å². The molecule has 2 atom stereocenters. The Morgan fingerprint density at radius 1 is 1.15 bits per heavy atom. The first-order chi connectivity index (χ1) is 12.7. The highest BCUT2D eigenvalue weighted by Gasteiger charge is 2.41. The van der Waals surface area contributed by atoms with Crippen LogP contribution in [0, 0.1) is 6.92 Å². The van der Waals surface area contributed by atoms with Gasteiger partial charge in [-0.15, -0.1) is 0 Å². The molecular weight excluding hydrogens is 364 g/mol. The maximum Gasteiger partial charge on any atom is 0.214 e. The smallest absolute Gasteiger partial charge is 0.214 e. The van der Waals surface area contributed by atoms with Gasteiger partial charge in [-0.05, 0) is 47.5 Å². The van der Waals surface area contributed by atoms with E-state index in [0.29, 0.717) is 0 Å². The van der Waals surface area contributed by atoms with Gasteiger partial charge in [-0.25, -0.2) is 5.01 Å². The van der Waals surface area contributed by atoms with Crippen molar-refractivity contribution in [2.45, 2.75) is 25.6 Å². The number of thiophene rings is 1. The second-order valence-electron chi connectivity index (χ2n) is 6.72. The minimum Gasteiger partial charge on any atom is -0.464 e. The topological polar surface area (TPSA) is 24.8 Å². The van der Waals surface area contributed by atoms with Gasteiger partial charge < -0.3 is 4.74 Å². The Kier molecular flexibility index (Phi) is 3.76. The van der Waals surface area contributed by atoms with Crippen molar-refractivity contribution in [2.24, 2.45) is 5.10 Å². The summed E-state index contributed by atoms with van der Waals surface area (Å²) in [5, 5.41) is 12.0. The van der Waals surface area contributed by atoms with Gasteiger partial charge in [-0.3, -0.25) is 0 Å². The standard InChI is InChI=1S/C21H17ClN2OS/c1-13-2-4-14(5-3-13)18-11-19-17-10-16(22)6-7-20(17)25-21(24(19)23-18)15-8-9-26-12-15/h2-10,12,19,21H,11H2,1H3/t19-,21-/m0/s1. The highest BCUT2D eigenvalue weighted by Crippen LogP contribution is 2.48. The van der Waals surface area contributed by atoms with Crippen LogP contribution in [0.1, 0.15) is 40.9 Å². The van der Waals surface area contributed by atoms with Crippen LogP contribution in [0.2, 0.25) is 5.02 Å². The molecule has 5 rings (SSSR count). The van der Waals surface area contributed by atoms with E-state index in [4.69, 9.17) is 21.4 Å². The van der Waals surface area contributed by atoms with E-state index in [2.05, 4.69) is 53.0 Å². The summed E-state index contributed by atoms with van der Waals surface area (Å²) in [6, 6.07) is 16.7. The largest absolute Gasteiger partial charge is 0.464 e. The fourth-order valence-corrected chi connectivity index (χ4v) is 4.46. The molecule has 0 unspecified atom stereocenters. The molecule has 2 aromatic carbocycles. The van der Waals surface area contributed by atoms with E-state index in [1.165, 1.54) is 5.56 Å². The minimum absolute atomic E-state index is 0.138. The van der Waals surface area contributed by atoms with Gasteiger partial charge in [0.05, 0.1) is 11.8 Å². The first kappa shape index (κ1) is 15.9. The summed E-state index contributed by atoms with van der Waals surface area (Å²) in [7, 11) is 0. The Labute approximate surface area is 161 Å². The maximum atomic E-state index is 6.32. The van der Waals surface area contributed by atoms with Crippen LogP contribution >= 0.6 is 22.9 Å². The van der Waals surface area contributed by atoms with Gasteiger partial charge in [0, 0.05) is 22.6 Å². The number of hydrogen-bond donors (Lipinski definition) is 0. The quantitative estimate of drug-likeness (QED) is 0.548. The van der Waals surface area contributed by atoms with Crippen molar-refractivity contribution in [1.82, 2.24) is 5.01 Å². The van der Waals surface area contributed by atoms with Crippen molar-refractivity contribution in [1.29, 1.82) is 0 Å². The summed E-state index contributed by atoms with van der Waals surface area (Å²) >= 11 is 7.94. The summed E-state index contributed by atoms with van der Waals surface area (Å²) in [5.74, 6) is 0.896. The number of hydrogen-bond acceptors (Lipinski definition) is 4. The fraction of sp³-hybridized carbons (Fsp3) is 0.190. The molecule has 26 heavy (non-hydrogen) atoms. The molecule has 0 N–H and O–H groups in total. The van der Waals surface area contributed by atoms with Gasteiger partial charge >= 0.3 is 0 Å². The second-order valence-corrected chi connectivity index (χ2v) is 7.94. The summed E-state index contributed by atoms with van der Waals surface area (Å²) in [4.78, 5) is 0. The SMILES string of the molecule is Cc1ccc(C2=NN3[C@@H](C2)c2cc(Cl)ccc2O[C@H]3c2ccsc2)cc1. The normalized spacial score (nSPS) is 21.0. The zero-order chi connectivity index (χ0) is 17.7. The maximum absolute atomic E-state index is 6.32.